The maximum absolute atomic E-state index is 12.5. The van der Waals surface area contributed by atoms with E-state index in [1.54, 1.807) is 4.90 Å². The lowest BCUT2D eigenvalue weighted by Crippen LogP contribution is -2.34. The van der Waals surface area contributed by atoms with Gasteiger partial charge < -0.3 is 9.64 Å². The maximum Gasteiger partial charge on any atom is 0.327 e. The molecule has 3 amide bonds. The Morgan fingerprint density at radius 1 is 1.00 bits per heavy atom. The minimum atomic E-state index is -0.208. The first-order valence-corrected chi connectivity index (χ1v) is 10.6. The summed E-state index contributed by atoms with van der Waals surface area (Å²) in [6, 6.07) is 16.4. The van der Waals surface area contributed by atoms with Gasteiger partial charge in [-0.05, 0) is 54.9 Å². The van der Waals surface area contributed by atoms with E-state index in [0.29, 0.717) is 19.5 Å². The molecule has 0 radical (unpaired) electrons. The van der Waals surface area contributed by atoms with E-state index < -0.39 is 0 Å². The molecule has 0 saturated carbocycles. The van der Waals surface area contributed by atoms with Gasteiger partial charge in [0.15, 0.2) is 0 Å². The van der Waals surface area contributed by atoms with E-state index in [1.807, 2.05) is 12.1 Å². The van der Waals surface area contributed by atoms with E-state index in [2.05, 4.69) is 36.4 Å². The van der Waals surface area contributed by atoms with Gasteiger partial charge in [-0.3, -0.25) is 9.69 Å². The summed E-state index contributed by atoms with van der Waals surface area (Å²) in [5.41, 5.74) is 3.69. The Morgan fingerprint density at radius 2 is 1.86 bits per heavy atom. The van der Waals surface area contributed by atoms with Crippen LogP contribution in [0.3, 0.4) is 0 Å². The van der Waals surface area contributed by atoms with Crippen LogP contribution in [0.4, 0.5) is 4.79 Å². The van der Waals surface area contributed by atoms with Crippen LogP contribution in [-0.2, 0) is 24.1 Å². The molecule has 0 spiro atoms. The second kappa shape index (κ2) is 7.54. The van der Waals surface area contributed by atoms with Gasteiger partial charge >= 0.3 is 6.03 Å². The highest BCUT2D eigenvalue weighted by atomic mass is 16.5. The zero-order chi connectivity index (χ0) is 19.8. The Balaban J connectivity index is 1.21. The first-order valence-electron chi connectivity index (χ1n) is 10.6. The average Bonchev–Trinajstić information content (AvgIpc) is 3.31. The molecule has 5 rings (SSSR count). The van der Waals surface area contributed by atoms with Crippen molar-refractivity contribution in [2.24, 2.45) is 0 Å². The molecule has 0 bridgehead atoms. The fourth-order valence-electron chi connectivity index (χ4n) is 4.83. The molecule has 0 N–H and O–H groups in total. The van der Waals surface area contributed by atoms with E-state index in [1.165, 1.54) is 16.0 Å². The van der Waals surface area contributed by atoms with Gasteiger partial charge in [-0.15, -0.1) is 0 Å². The van der Waals surface area contributed by atoms with Crippen molar-refractivity contribution in [3.63, 3.8) is 0 Å². The Kier molecular flexibility index (Phi) is 4.74. The van der Waals surface area contributed by atoms with Crippen LogP contribution in [0.1, 0.15) is 36.0 Å². The Hall–Kier alpha value is -2.82. The van der Waals surface area contributed by atoms with Crippen molar-refractivity contribution < 1.29 is 14.3 Å². The SMILES string of the molecule is O=C1C2CCCN2C(=O)N1CCc1cccc(CC2CCc3ccccc3O2)c1. The van der Waals surface area contributed by atoms with Crippen molar-refractivity contribution in [1.29, 1.82) is 0 Å². The first kappa shape index (κ1) is 18.2. The quantitative estimate of drug-likeness (QED) is 0.733. The standard InChI is InChI=1S/C24H26N2O3/c27-23-21-8-4-13-25(21)24(28)26(23)14-12-17-5-3-6-18(15-17)16-20-11-10-19-7-1-2-9-22(19)29-20/h1-3,5-7,9,15,20-21H,4,8,10-14,16H2. The third kappa shape index (κ3) is 3.50. The highest BCUT2D eigenvalue weighted by Crippen LogP contribution is 2.29. The zero-order valence-corrected chi connectivity index (χ0v) is 16.5. The lowest BCUT2D eigenvalue weighted by atomic mass is 9.96. The van der Waals surface area contributed by atoms with Crippen LogP contribution in [0.25, 0.3) is 0 Å². The smallest absolute Gasteiger partial charge is 0.327 e. The van der Waals surface area contributed by atoms with Crippen molar-refractivity contribution in [3.8, 4) is 5.75 Å². The number of nitrogens with zero attached hydrogens (tertiary/aromatic N) is 2. The summed E-state index contributed by atoms with van der Waals surface area (Å²) in [6.07, 6.45) is 5.58. The van der Waals surface area contributed by atoms with Crippen molar-refractivity contribution in [3.05, 3.63) is 65.2 Å². The molecular weight excluding hydrogens is 364 g/mol. The summed E-state index contributed by atoms with van der Waals surface area (Å²) in [4.78, 5) is 28.1. The number of rotatable bonds is 5. The first-order chi connectivity index (χ1) is 14.2. The zero-order valence-electron chi connectivity index (χ0n) is 16.5. The summed E-state index contributed by atoms with van der Waals surface area (Å²) < 4.78 is 6.18. The lowest BCUT2D eigenvalue weighted by Gasteiger charge is -2.26. The molecule has 3 heterocycles. The van der Waals surface area contributed by atoms with Crippen LogP contribution in [0.5, 0.6) is 5.75 Å². The van der Waals surface area contributed by atoms with E-state index in [9.17, 15) is 9.59 Å². The topological polar surface area (TPSA) is 49.9 Å². The normalized spacial score (nSPS) is 23.2. The Labute approximate surface area is 171 Å². The Bertz CT molecular complexity index is 919. The molecule has 2 atom stereocenters. The van der Waals surface area contributed by atoms with Crippen LogP contribution in [0.2, 0.25) is 0 Å². The van der Waals surface area contributed by atoms with Crippen LogP contribution < -0.4 is 4.74 Å². The molecule has 150 valence electrons. The van der Waals surface area contributed by atoms with Gasteiger partial charge in [0.1, 0.15) is 17.9 Å². The van der Waals surface area contributed by atoms with Gasteiger partial charge in [0.25, 0.3) is 5.91 Å². The maximum atomic E-state index is 12.5. The van der Waals surface area contributed by atoms with Crippen LogP contribution >= 0.6 is 0 Å². The third-order valence-corrected chi connectivity index (χ3v) is 6.36. The van der Waals surface area contributed by atoms with E-state index in [-0.39, 0.29) is 24.1 Å². The molecule has 0 aromatic heterocycles. The second-order valence-corrected chi connectivity index (χ2v) is 8.28. The molecule has 5 heteroatoms. The number of fused-ring (bicyclic) bond motifs is 2. The van der Waals surface area contributed by atoms with Crippen LogP contribution in [0, 0.1) is 0 Å². The number of urea groups is 1. The molecular formula is C24H26N2O3. The van der Waals surface area contributed by atoms with Gasteiger partial charge in [0, 0.05) is 19.5 Å². The van der Waals surface area contributed by atoms with E-state index >= 15 is 0 Å². The van der Waals surface area contributed by atoms with Crippen molar-refractivity contribution >= 4 is 11.9 Å². The number of imide groups is 1. The molecule has 3 aliphatic rings. The number of amides is 3. The lowest BCUT2D eigenvalue weighted by molar-refractivity contribution is -0.127. The molecule has 3 aliphatic heterocycles. The number of hydrogen-bond donors (Lipinski definition) is 0. The van der Waals surface area contributed by atoms with Gasteiger partial charge in [0.2, 0.25) is 0 Å². The predicted molar refractivity (Wildman–Crippen MR) is 110 cm³/mol. The summed E-state index contributed by atoms with van der Waals surface area (Å²) in [5, 5.41) is 0. The molecule has 2 fully saturated rings. The highest BCUT2D eigenvalue weighted by molar-refractivity contribution is 6.04. The fraction of sp³-hybridized carbons (Fsp3) is 0.417. The third-order valence-electron chi connectivity index (χ3n) is 6.36. The molecule has 2 aromatic rings. The number of aryl methyl sites for hydroxylation is 1. The van der Waals surface area contributed by atoms with Gasteiger partial charge in [-0.25, -0.2) is 4.79 Å². The molecule has 2 saturated heterocycles. The summed E-state index contributed by atoms with van der Waals surface area (Å²) in [5.74, 6) is 0.990. The molecule has 29 heavy (non-hydrogen) atoms. The largest absolute Gasteiger partial charge is 0.490 e. The van der Waals surface area contributed by atoms with E-state index in [0.717, 1.165) is 43.4 Å². The summed E-state index contributed by atoms with van der Waals surface area (Å²) in [7, 11) is 0. The Morgan fingerprint density at radius 3 is 2.76 bits per heavy atom. The number of carbonyl (C=O) groups excluding carboxylic acids is 2. The second-order valence-electron chi connectivity index (χ2n) is 8.28. The summed E-state index contributed by atoms with van der Waals surface area (Å²) >= 11 is 0. The van der Waals surface area contributed by atoms with Gasteiger partial charge in [-0.1, -0.05) is 42.5 Å². The molecule has 0 aliphatic carbocycles. The number of benzene rings is 2. The minimum Gasteiger partial charge on any atom is -0.490 e. The van der Waals surface area contributed by atoms with Crippen LogP contribution in [-0.4, -0.2) is 47.0 Å². The van der Waals surface area contributed by atoms with Crippen molar-refractivity contribution in [2.45, 2.75) is 50.7 Å². The predicted octanol–water partition coefficient (Wildman–Crippen LogP) is 3.59. The van der Waals surface area contributed by atoms with Crippen molar-refractivity contribution in [2.75, 3.05) is 13.1 Å². The average molecular weight is 390 g/mol. The van der Waals surface area contributed by atoms with Crippen molar-refractivity contribution in [1.82, 2.24) is 9.80 Å². The summed E-state index contributed by atoms with van der Waals surface area (Å²) in [6.45, 7) is 1.17. The number of ether oxygens (including phenoxy) is 1. The molecule has 2 unspecified atom stereocenters. The van der Waals surface area contributed by atoms with Gasteiger partial charge in [-0.2, -0.15) is 0 Å². The number of hydrogen-bond acceptors (Lipinski definition) is 3. The van der Waals surface area contributed by atoms with Crippen LogP contribution in [0.15, 0.2) is 48.5 Å². The molecule has 2 aromatic carbocycles. The van der Waals surface area contributed by atoms with Gasteiger partial charge in [0.05, 0.1) is 0 Å². The number of para-hydroxylation sites is 1. The molecule has 5 nitrogen and oxygen atoms in total. The van der Waals surface area contributed by atoms with E-state index in [4.69, 9.17) is 4.74 Å². The minimum absolute atomic E-state index is 0.0158. The highest BCUT2D eigenvalue weighted by Gasteiger charge is 2.46. The fourth-order valence-corrected chi connectivity index (χ4v) is 4.83. The monoisotopic (exact) mass is 390 g/mol. The number of carbonyl (C=O) groups is 2.